The van der Waals surface area contributed by atoms with Crippen molar-refractivity contribution < 1.29 is 19.1 Å². The standard InChI is InChI=1S/C16H22N2O4/c1-5-21-15(19)14(16(20)22-6-2)11-17-12-7-9-13(10-8-12)18(3)4/h7-11,14H,5-6H2,1-4H3. The molecule has 6 heteroatoms. The third-order valence-electron chi connectivity index (χ3n) is 2.82. The largest absolute Gasteiger partial charge is 0.465 e. The minimum Gasteiger partial charge on any atom is -0.465 e. The molecule has 0 heterocycles. The second-order valence-corrected chi connectivity index (χ2v) is 4.67. The van der Waals surface area contributed by atoms with Gasteiger partial charge in [0.1, 0.15) is 0 Å². The van der Waals surface area contributed by atoms with Gasteiger partial charge in [-0.15, -0.1) is 0 Å². The van der Waals surface area contributed by atoms with Crippen LogP contribution in [0.15, 0.2) is 29.3 Å². The number of hydrogen-bond donors (Lipinski definition) is 0. The zero-order valence-electron chi connectivity index (χ0n) is 13.4. The third kappa shape index (κ3) is 5.20. The molecule has 1 aromatic rings. The molecule has 0 atom stereocenters. The van der Waals surface area contributed by atoms with Gasteiger partial charge in [-0.25, -0.2) is 0 Å². The Morgan fingerprint density at radius 3 is 2.00 bits per heavy atom. The number of nitrogens with zero attached hydrogens (tertiary/aromatic N) is 2. The fourth-order valence-corrected chi connectivity index (χ4v) is 1.68. The summed E-state index contributed by atoms with van der Waals surface area (Å²) >= 11 is 0. The van der Waals surface area contributed by atoms with Crippen molar-refractivity contribution in [1.29, 1.82) is 0 Å². The molecule has 120 valence electrons. The molecule has 0 aliphatic rings. The fourth-order valence-electron chi connectivity index (χ4n) is 1.68. The second kappa shape index (κ2) is 8.81. The molecule has 0 N–H and O–H groups in total. The number of carbonyl (C=O) groups is 2. The molecule has 0 spiro atoms. The number of benzene rings is 1. The maximum atomic E-state index is 11.8. The predicted molar refractivity (Wildman–Crippen MR) is 85.7 cm³/mol. The number of anilines is 1. The maximum Gasteiger partial charge on any atom is 0.325 e. The van der Waals surface area contributed by atoms with Gasteiger partial charge in [0.25, 0.3) is 0 Å². The second-order valence-electron chi connectivity index (χ2n) is 4.67. The van der Waals surface area contributed by atoms with Gasteiger partial charge < -0.3 is 14.4 Å². The highest BCUT2D eigenvalue weighted by Crippen LogP contribution is 2.18. The third-order valence-corrected chi connectivity index (χ3v) is 2.82. The van der Waals surface area contributed by atoms with E-state index in [4.69, 9.17) is 9.47 Å². The molecule has 0 saturated heterocycles. The molecule has 0 bridgehead atoms. The first-order valence-electron chi connectivity index (χ1n) is 7.14. The Bertz CT molecular complexity index is 505. The van der Waals surface area contributed by atoms with E-state index in [1.807, 2.05) is 31.1 Å². The van der Waals surface area contributed by atoms with Crippen LogP contribution in [0.3, 0.4) is 0 Å². The normalized spacial score (nSPS) is 10.8. The van der Waals surface area contributed by atoms with E-state index in [1.165, 1.54) is 6.21 Å². The van der Waals surface area contributed by atoms with Crippen LogP contribution < -0.4 is 4.90 Å². The molecule has 0 radical (unpaired) electrons. The number of esters is 2. The Hall–Kier alpha value is -2.37. The van der Waals surface area contributed by atoms with Gasteiger partial charge in [0, 0.05) is 26.0 Å². The summed E-state index contributed by atoms with van der Waals surface area (Å²) in [5, 5.41) is 0. The quantitative estimate of drug-likeness (QED) is 0.439. The predicted octanol–water partition coefficient (Wildman–Crippen LogP) is 2.20. The minimum absolute atomic E-state index is 0.195. The van der Waals surface area contributed by atoms with Gasteiger partial charge in [-0.3, -0.25) is 14.6 Å². The van der Waals surface area contributed by atoms with Crippen LogP contribution in [0.2, 0.25) is 0 Å². The van der Waals surface area contributed by atoms with Crippen molar-refractivity contribution in [1.82, 2.24) is 0 Å². The van der Waals surface area contributed by atoms with Crippen LogP contribution in [0.5, 0.6) is 0 Å². The van der Waals surface area contributed by atoms with Crippen LogP contribution in [-0.4, -0.2) is 45.5 Å². The van der Waals surface area contributed by atoms with Crippen molar-refractivity contribution in [2.24, 2.45) is 10.9 Å². The average Bonchev–Trinajstić information content (AvgIpc) is 2.48. The molecule has 0 amide bonds. The molecule has 0 aliphatic heterocycles. The van der Waals surface area contributed by atoms with Gasteiger partial charge in [0.05, 0.1) is 18.9 Å². The molecule has 0 unspecified atom stereocenters. The molecule has 6 nitrogen and oxygen atoms in total. The minimum atomic E-state index is -1.14. The van der Waals surface area contributed by atoms with Crippen LogP contribution in [-0.2, 0) is 19.1 Å². The van der Waals surface area contributed by atoms with Crippen molar-refractivity contribution in [3.63, 3.8) is 0 Å². The van der Waals surface area contributed by atoms with Crippen molar-refractivity contribution in [2.45, 2.75) is 13.8 Å². The van der Waals surface area contributed by atoms with Crippen LogP contribution in [0.4, 0.5) is 11.4 Å². The van der Waals surface area contributed by atoms with Crippen LogP contribution in [0, 0.1) is 5.92 Å². The summed E-state index contributed by atoms with van der Waals surface area (Å²) < 4.78 is 9.75. The zero-order valence-corrected chi connectivity index (χ0v) is 13.4. The van der Waals surface area contributed by atoms with E-state index >= 15 is 0 Å². The molecule has 0 saturated carbocycles. The van der Waals surface area contributed by atoms with Gasteiger partial charge in [-0.1, -0.05) is 0 Å². The van der Waals surface area contributed by atoms with Gasteiger partial charge in [0.15, 0.2) is 5.92 Å². The average molecular weight is 306 g/mol. The topological polar surface area (TPSA) is 68.2 Å². The molecule has 22 heavy (non-hydrogen) atoms. The van der Waals surface area contributed by atoms with E-state index in [1.54, 1.807) is 26.0 Å². The Labute approximate surface area is 130 Å². The maximum absolute atomic E-state index is 11.8. The lowest BCUT2D eigenvalue weighted by molar-refractivity contribution is -0.157. The SMILES string of the molecule is CCOC(=O)C(C=Nc1ccc(N(C)C)cc1)C(=O)OCC. The molecular weight excluding hydrogens is 284 g/mol. The van der Waals surface area contributed by atoms with E-state index in [0.29, 0.717) is 5.69 Å². The number of carbonyl (C=O) groups excluding carboxylic acids is 2. The van der Waals surface area contributed by atoms with Gasteiger partial charge in [-0.2, -0.15) is 0 Å². The van der Waals surface area contributed by atoms with Gasteiger partial charge >= 0.3 is 11.9 Å². The number of ether oxygens (including phenoxy) is 2. The Balaban J connectivity index is 2.87. The first-order chi connectivity index (χ1) is 10.5. The summed E-state index contributed by atoms with van der Waals surface area (Å²) in [5.41, 5.74) is 1.68. The van der Waals surface area contributed by atoms with Crippen LogP contribution >= 0.6 is 0 Å². The summed E-state index contributed by atoms with van der Waals surface area (Å²) in [6, 6.07) is 7.41. The summed E-state index contributed by atoms with van der Waals surface area (Å²) in [6.45, 7) is 3.74. The number of rotatable bonds is 7. The highest BCUT2D eigenvalue weighted by Gasteiger charge is 2.27. The van der Waals surface area contributed by atoms with E-state index < -0.39 is 17.9 Å². The summed E-state index contributed by atoms with van der Waals surface area (Å²) in [5.74, 6) is -2.46. The van der Waals surface area contributed by atoms with Crippen LogP contribution in [0.25, 0.3) is 0 Å². The number of hydrogen-bond acceptors (Lipinski definition) is 6. The lowest BCUT2D eigenvalue weighted by Crippen LogP contribution is -2.29. The highest BCUT2D eigenvalue weighted by molar-refractivity contribution is 6.09. The summed E-state index contributed by atoms with van der Waals surface area (Å²) in [6.07, 6.45) is 1.26. The highest BCUT2D eigenvalue weighted by atomic mass is 16.6. The van der Waals surface area contributed by atoms with E-state index in [0.717, 1.165) is 5.69 Å². The molecule has 1 rings (SSSR count). The monoisotopic (exact) mass is 306 g/mol. The van der Waals surface area contributed by atoms with Gasteiger partial charge in [0.2, 0.25) is 0 Å². The molecule has 0 aromatic heterocycles. The number of aliphatic imine (C=N–C) groups is 1. The lowest BCUT2D eigenvalue weighted by atomic mass is 10.1. The van der Waals surface area contributed by atoms with E-state index in [9.17, 15) is 9.59 Å². The smallest absolute Gasteiger partial charge is 0.325 e. The Morgan fingerprint density at radius 2 is 1.59 bits per heavy atom. The zero-order chi connectivity index (χ0) is 16.5. The van der Waals surface area contributed by atoms with E-state index in [2.05, 4.69) is 4.99 Å². The Kier molecular flexibility index (Phi) is 7.08. The van der Waals surface area contributed by atoms with Crippen molar-refractivity contribution in [3.8, 4) is 0 Å². The molecule has 0 fully saturated rings. The van der Waals surface area contributed by atoms with E-state index in [-0.39, 0.29) is 13.2 Å². The molecular formula is C16H22N2O4. The van der Waals surface area contributed by atoms with Gasteiger partial charge in [-0.05, 0) is 38.1 Å². The molecule has 0 aliphatic carbocycles. The van der Waals surface area contributed by atoms with Crippen molar-refractivity contribution in [2.75, 3.05) is 32.2 Å². The first kappa shape index (κ1) is 17.7. The molecule has 1 aromatic carbocycles. The fraction of sp³-hybridized carbons (Fsp3) is 0.438. The van der Waals surface area contributed by atoms with Crippen molar-refractivity contribution >= 4 is 29.5 Å². The first-order valence-corrected chi connectivity index (χ1v) is 7.14. The van der Waals surface area contributed by atoms with Crippen molar-refractivity contribution in [3.05, 3.63) is 24.3 Å². The summed E-state index contributed by atoms with van der Waals surface area (Å²) in [4.78, 5) is 29.7. The summed E-state index contributed by atoms with van der Waals surface area (Å²) in [7, 11) is 3.88. The Morgan fingerprint density at radius 1 is 1.09 bits per heavy atom. The lowest BCUT2D eigenvalue weighted by Gasteiger charge is -2.12. The van der Waals surface area contributed by atoms with Crippen LogP contribution in [0.1, 0.15) is 13.8 Å².